The highest BCUT2D eigenvalue weighted by molar-refractivity contribution is 6.63. The summed E-state index contributed by atoms with van der Waals surface area (Å²) in [5, 5.41) is 10.5. The predicted octanol–water partition coefficient (Wildman–Crippen LogP) is 3.13. The molecule has 1 aliphatic carbocycles. The number of nitrogens with zero attached hydrogens (tertiary/aromatic N) is 1. The summed E-state index contributed by atoms with van der Waals surface area (Å²) in [7, 11) is 3.67. The minimum Gasteiger partial charge on any atom is -0.507 e. The van der Waals surface area contributed by atoms with E-state index in [1.54, 1.807) is 6.07 Å². The number of aryl methyl sites for hydroxylation is 1. The van der Waals surface area contributed by atoms with Gasteiger partial charge in [-0.2, -0.15) is 0 Å². The van der Waals surface area contributed by atoms with Crippen molar-refractivity contribution in [3.8, 4) is 5.75 Å². The lowest BCUT2D eigenvalue weighted by molar-refractivity contribution is -0.144. The summed E-state index contributed by atoms with van der Waals surface area (Å²) in [6.07, 6.45) is 1.39. The van der Waals surface area contributed by atoms with Crippen LogP contribution in [0.25, 0.3) is 0 Å². The maximum Gasteiger partial charge on any atom is 0.264 e. The molecule has 1 aromatic carbocycles. The summed E-state index contributed by atoms with van der Waals surface area (Å²) >= 11 is 0. The van der Waals surface area contributed by atoms with E-state index < -0.39 is 17.3 Å². The molecule has 0 radical (unpaired) electrons. The van der Waals surface area contributed by atoms with Crippen molar-refractivity contribution in [2.45, 2.75) is 52.4 Å². The highest BCUT2D eigenvalue weighted by Gasteiger charge is 2.27. The summed E-state index contributed by atoms with van der Waals surface area (Å²) in [6.45, 7) is 3.86. The summed E-state index contributed by atoms with van der Waals surface area (Å²) < 4.78 is 0. The number of phenolic OH excluding ortho intramolecular Hbond substituents is 1. The van der Waals surface area contributed by atoms with Crippen LogP contribution in [0.2, 0.25) is 0 Å². The lowest BCUT2D eigenvalue weighted by atomic mass is 9.83. The quantitative estimate of drug-likeness (QED) is 0.745. The number of phenols is 1. The van der Waals surface area contributed by atoms with E-state index in [2.05, 4.69) is 0 Å². The van der Waals surface area contributed by atoms with Crippen molar-refractivity contribution in [3.05, 3.63) is 23.3 Å². The Morgan fingerprint density at radius 2 is 1.54 bits per heavy atom. The van der Waals surface area contributed by atoms with Crippen molar-refractivity contribution in [1.82, 2.24) is 0 Å². The van der Waals surface area contributed by atoms with E-state index in [0.717, 1.165) is 5.69 Å². The molecule has 1 aliphatic rings. The van der Waals surface area contributed by atoms with Gasteiger partial charge in [0, 0.05) is 45.1 Å². The van der Waals surface area contributed by atoms with Gasteiger partial charge in [-0.3, -0.25) is 19.2 Å². The normalized spacial score (nSPS) is 22.6. The van der Waals surface area contributed by atoms with Gasteiger partial charge in [0.15, 0.2) is 5.78 Å². The van der Waals surface area contributed by atoms with E-state index in [9.17, 15) is 24.3 Å². The molecule has 0 spiro atoms. The van der Waals surface area contributed by atoms with Gasteiger partial charge >= 0.3 is 0 Å². The maximum atomic E-state index is 13.0. The summed E-state index contributed by atoms with van der Waals surface area (Å²) in [5.74, 6) is -2.42. The molecule has 2 atom stereocenters. The van der Waals surface area contributed by atoms with Crippen LogP contribution < -0.4 is 4.90 Å². The molecule has 0 aliphatic heterocycles. The van der Waals surface area contributed by atoms with Crippen molar-refractivity contribution in [1.29, 1.82) is 0 Å². The van der Waals surface area contributed by atoms with Crippen LogP contribution in [0.5, 0.6) is 5.75 Å². The second-order valence-electron chi connectivity index (χ2n) is 8.04. The lowest BCUT2D eigenvalue weighted by Gasteiger charge is -2.22. The zero-order valence-electron chi connectivity index (χ0n) is 17.1. The minimum atomic E-state index is -0.918. The van der Waals surface area contributed by atoms with E-state index in [1.807, 2.05) is 38.9 Å². The molecule has 0 bridgehead atoms. The van der Waals surface area contributed by atoms with Gasteiger partial charge in [0.2, 0.25) is 11.6 Å². The van der Waals surface area contributed by atoms with Gasteiger partial charge in [0.1, 0.15) is 5.75 Å². The van der Waals surface area contributed by atoms with Crippen LogP contribution in [0, 0.1) is 11.8 Å². The molecule has 0 heterocycles. The first kappa shape index (κ1) is 21.8. The smallest absolute Gasteiger partial charge is 0.264 e. The highest BCUT2D eigenvalue weighted by atomic mass is 16.3. The second kappa shape index (κ2) is 9.13. The van der Waals surface area contributed by atoms with Gasteiger partial charge in [0.05, 0.1) is 5.56 Å². The molecule has 0 aromatic heterocycles. The van der Waals surface area contributed by atoms with Crippen molar-refractivity contribution in [3.63, 3.8) is 0 Å². The number of benzene rings is 1. The van der Waals surface area contributed by atoms with Crippen molar-refractivity contribution < 1.29 is 24.3 Å². The third-order valence-electron chi connectivity index (χ3n) is 5.64. The van der Waals surface area contributed by atoms with E-state index in [1.165, 1.54) is 0 Å². The number of aromatic hydroxyl groups is 1. The number of Topliss-reactive ketones (excluding diaryl/α,β-unsaturated/α-hetero) is 4. The molecule has 2 rings (SSSR count). The fourth-order valence-electron chi connectivity index (χ4n) is 3.51. The largest absolute Gasteiger partial charge is 0.507 e. The highest BCUT2D eigenvalue weighted by Crippen LogP contribution is 2.32. The number of fused-ring (bicyclic) bond motifs is 1. The zero-order chi connectivity index (χ0) is 21.0. The maximum absolute atomic E-state index is 13.0. The minimum absolute atomic E-state index is 0.0187. The Morgan fingerprint density at radius 3 is 2.18 bits per heavy atom. The fraction of sp³-hybridized carbons (Fsp3) is 0.545. The van der Waals surface area contributed by atoms with E-state index in [0.29, 0.717) is 30.4 Å². The molecule has 152 valence electrons. The first-order chi connectivity index (χ1) is 13.1. The van der Waals surface area contributed by atoms with Gasteiger partial charge < -0.3 is 10.0 Å². The lowest BCUT2D eigenvalue weighted by Crippen LogP contribution is -2.25. The van der Waals surface area contributed by atoms with Crippen LogP contribution in [0.1, 0.15) is 61.9 Å². The topological polar surface area (TPSA) is 91.8 Å². The summed E-state index contributed by atoms with van der Waals surface area (Å²) in [5.41, 5.74) is 1.72. The Labute approximate surface area is 165 Å². The van der Waals surface area contributed by atoms with Crippen LogP contribution in [-0.4, -0.2) is 42.3 Å². The SMILES string of the molecule is C[C@@H]1CCC(=O)C(=O)C(=O)CCCc2cc(N(C)C)cc(O)c2C(=O)C[C@H]1C. The summed E-state index contributed by atoms with van der Waals surface area (Å²) in [6, 6.07) is 3.41. The Kier molecular flexibility index (Phi) is 7.11. The molecule has 0 amide bonds. The van der Waals surface area contributed by atoms with Gasteiger partial charge in [-0.25, -0.2) is 0 Å². The summed E-state index contributed by atoms with van der Waals surface area (Å²) in [4.78, 5) is 50.8. The van der Waals surface area contributed by atoms with Gasteiger partial charge in [-0.15, -0.1) is 0 Å². The Morgan fingerprint density at radius 1 is 0.893 bits per heavy atom. The monoisotopic (exact) mass is 387 g/mol. The Bertz CT molecular complexity index is 796. The second-order valence-corrected chi connectivity index (χ2v) is 8.04. The van der Waals surface area contributed by atoms with Crippen molar-refractivity contribution >= 4 is 28.8 Å². The van der Waals surface area contributed by atoms with Gasteiger partial charge in [0.25, 0.3) is 5.78 Å². The molecule has 0 fully saturated rings. The molecule has 0 saturated heterocycles. The number of carbonyl (C=O) groups excluding carboxylic acids is 4. The fourth-order valence-corrected chi connectivity index (χ4v) is 3.51. The average Bonchev–Trinajstić information content (AvgIpc) is 2.63. The molecular formula is C22H29NO5. The van der Waals surface area contributed by atoms with E-state index in [-0.39, 0.29) is 42.6 Å². The average molecular weight is 387 g/mol. The van der Waals surface area contributed by atoms with E-state index >= 15 is 0 Å². The predicted molar refractivity (Wildman–Crippen MR) is 107 cm³/mol. The molecule has 28 heavy (non-hydrogen) atoms. The molecular weight excluding hydrogens is 358 g/mol. The van der Waals surface area contributed by atoms with Gasteiger partial charge in [-0.1, -0.05) is 13.8 Å². The van der Waals surface area contributed by atoms with Crippen LogP contribution >= 0.6 is 0 Å². The number of rotatable bonds is 1. The number of ketones is 4. The first-order valence-electron chi connectivity index (χ1n) is 9.78. The number of carbonyl (C=O) groups is 4. The van der Waals surface area contributed by atoms with Crippen LogP contribution in [0.3, 0.4) is 0 Å². The molecule has 6 heteroatoms. The molecule has 1 N–H and O–H groups in total. The molecule has 1 aromatic rings. The van der Waals surface area contributed by atoms with Crippen molar-refractivity contribution in [2.24, 2.45) is 11.8 Å². The third-order valence-corrected chi connectivity index (χ3v) is 5.64. The number of anilines is 1. The Balaban J connectivity index is 2.43. The standard InChI is InChI=1S/C22H29NO5/c1-13-8-9-18(25)22(28)17(24)7-5-6-15-11-16(23(3)4)12-20(27)21(15)19(26)10-14(13)2/h11-14,27H,5-10H2,1-4H3/t13-,14-/m1/s1. The molecule has 0 unspecified atom stereocenters. The number of hydrogen-bond donors (Lipinski definition) is 1. The Hall–Kier alpha value is -2.50. The van der Waals surface area contributed by atoms with Gasteiger partial charge in [-0.05, 0) is 42.7 Å². The van der Waals surface area contributed by atoms with Crippen LogP contribution in [0.4, 0.5) is 5.69 Å². The first-order valence-corrected chi connectivity index (χ1v) is 9.78. The van der Waals surface area contributed by atoms with E-state index in [4.69, 9.17) is 0 Å². The van der Waals surface area contributed by atoms with Crippen molar-refractivity contribution in [2.75, 3.05) is 19.0 Å². The molecule has 6 nitrogen and oxygen atoms in total. The third kappa shape index (κ3) is 5.06. The zero-order valence-corrected chi connectivity index (χ0v) is 17.1. The van der Waals surface area contributed by atoms with Crippen LogP contribution in [0.15, 0.2) is 12.1 Å². The molecule has 0 saturated carbocycles. The number of hydrogen-bond acceptors (Lipinski definition) is 6. The van der Waals surface area contributed by atoms with Crippen LogP contribution in [-0.2, 0) is 20.8 Å².